The van der Waals surface area contributed by atoms with Gasteiger partial charge in [0.2, 0.25) is 0 Å². The molecule has 0 unspecified atom stereocenters. The van der Waals surface area contributed by atoms with Gasteiger partial charge in [-0.05, 0) is 36.1 Å². The predicted octanol–water partition coefficient (Wildman–Crippen LogP) is 5.70. The Morgan fingerprint density at radius 3 is 2.04 bits per heavy atom. The van der Waals surface area contributed by atoms with Crippen LogP contribution >= 0.6 is 0 Å². The number of fused-ring (bicyclic) bond motifs is 2. The van der Waals surface area contributed by atoms with Gasteiger partial charge in [0.25, 0.3) is 0 Å². The number of hydrogen-bond donors (Lipinski definition) is 0. The first kappa shape index (κ1) is 17.6. The molecule has 1 aliphatic carbocycles. The molecule has 0 saturated carbocycles. The molecule has 0 radical (unpaired) electrons. The van der Waals surface area contributed by atoms with Crippen molar-refractivity contribution >= 4 is 0 Å². The molecule has 4 rings (SSSR count). The zero-order valence-corrected chi connectivity index (χ0v) is 15.7. The van der Waals surface area contributed by atoms with Gasteiger partial charge >= 0.3 is 0 Å². The number of ether oxygens (including phenoxy) is 1. The first-order valence-corrected chi connectivity index (χ1v) is 9.72. The van der Waals surface area contributed by atoms with Crippen molar-refractivity contribution in [2.24, 2.45) is 0 Å². The Morgan fingerprint density at radius 1 is 0.815 bits per heavy atom. The van der Waals surface area contributed by atoms with Crippen LogP contribution in [0.25, 0.3) is 0 Å². The Kier molecular flexibility index (Phi) is 5.10. The van der Waals surface area contributed by atoms with Crippen LogP contribution in [0.2, 0.25) is 0 Å². The lowest BCUT2D eigenvalue weighted by atomic mass is 9.74. The van der Waals surface area contributed by atoms with Gasteiger partial charge in [-0.3, -0.25) is 0 Å². The second-order valence-electron chi connectivity index (χ2n) is 6.99. The number of hydrogen-bond acceptors (Lipinski definition) is 1. The van der Waals surface area contributed by atoms with Gasteiger partial charge in [-0.1, -0.05) is 91.9 Å². The molecule has 0 N–H and O–H groups in total. The lowest BCUT2D eigenvalue weighted by molar-refractivity contribution is 0.0220. The fraction of sp³-hybridized carbons (Fsp3) is 0.231. The van der Waals surface area contributed by atoms with Crippen molar-refractivity contribution in [1.82, 2.24) is 0 Å². The summed E-state index contributed by atoms with van der Waals surface area (Å²) in [6.45, 7) is 2.89. The lowest BCUT2D eigenvalue weighted by Crippen LogP contribution is -2.35. The maximum absolute atomic E-state index is 6.61. The van der Waals surface area contributed by atoms with Crippen molar-refractivity contribution in [3.05, 3.63) is 107 Å². The molecule has 27 heavy (non-hydrogen) atoms. The normalized spacial score (nSPS) is 13.8. The molecule has 1 aliphatic rings. The second-order valence-corrected chi connectivity index (χ2v) is 6.99. The van der Waals surface area contributed by atoms with Gasteiger partial charge in [-0.2, -0.15) is 0 Å². The smallest absolute Gasteiger partial charge is 0.180 e. The largest absolute Gasteiger partial charge is 0.354 e. The third kappa shape index (κ3) is 3.42. The third-order valence-electron chi connectivity index (χ3n) is 5.15. The van der Waals surface area contributed by atoms with E-state index < -0.39 is 5.60 Å². The SMILES string of the molecule is CCCCOC1(C#Cc2ccccc2)c2ccccc2Cc2ccccc21. The zero-order valence-electron chi connectivity index (χ0n) is 15.7. The maximum atomic E-state index is 6.61. The topological polar surface area (TPSA) is 9.23 Å². The molecule has 0 aromatic heterocycles. The molecule has 0 heterocycles. The molecule has 0 amide bonds. The average molecular weight is 352 g/mol. The van der Waals surface area contributed by atoms with Crippen molar-refractivity contribution in [1.29, 1.82) is 0 Å². The van der Waals surface area contributed by atoms with Gasteiger partial charge in [-0.15, -0.1) is 0 Å². The lowest BCUT2D eigenvalue weighted by Gasteiger charge is -2.37. The summed E-state index contributed by atoms with van der Waals surface area (Å²) < 4.78 is 6.61. The Morgan fingerprint density at radius 2 is 1.41 bits per heavy atom. The highest BCUT2D eigenvalue weighted by Gasteiger charge is 2.40. The van der Waals surface area contributed by atoms with E-state index in [1.807, 2.05) is 30.3 Å². The summed E-state index contributed by atoms with van der Waals surface area (Å²) in [4.78, 5) is 0. The van der Waals surface area contributed by atoms with E-state index in [1.54, 1.807) is 0 Å². The summed E-state index contributed by atoms with van der Waals surface area (Å²) in [5.41, 5.74) is 5.27. The predicted molar refractivity (Wildman–Crippen MR) is 111 cm³/mol. The van der Waals surface area contributed by atoms with E-state index in [1.165, 1.54) is 22.3 Å². The van der Waals surface area contributed by atoms with Gasteiger partial charge < -0.3 is 4.74 Å². The minimum absolute atomic E-state index is 0.697. The number of benzene rings is 3. The van der Waals surface area contributed by atoms with Crippen LogP contribution in [0, 0.1) is 11.8 Å². The summed E-state index contributed by atoms with van der Waals surface area (Å²) in [5.74, 6) is 6.94. The Balaban J connectivity index is 1.91. The van der Waals surface area contributed by atoms with E-state index in [2.05, 4.69) is 67.3 Å². The first-order valence-electron chi connectivity index (χ1n) is 9.72. The van der Waals surface area contributed by atoms with Crippen LogP contribution in [-0.4, -0.2) is 6.61 Å². The van der Waals surface area contributed by atoms with Crippen LogP contribution in [0.3, 0.4) is 0 Å². The quantitative estimate of drug-likeness (QED) is 0.432. The van der Waals surface area contributed by atoms with E-state index in [4.69, 9.17) is 4.74 Å². The molecule has 3 aromatic rings. The van der Waals surface area contributed by atoms with Gasteiger partial charge in [-0.25, -0.2) is 0 Å². The number of unbranched alkanes of at least 4 members (excludes halogenated alkanes) is 1. The molecule has 0 fully saturated rings. The van der Waals surface area contributed by atoms with E-state index >= 15 is 0 Å². The van der Waals surface area contributed by atoms with Crippen LogP contribution in [0.15, 0.2) is 78.9 Å². The highest BCUT2D eigenvalue weighted by molar-refractivity contribution is 5.57. The monoisotopic (exact) mass is 352 g/mol. The zero-order chi connectivity index (χ0) is 18.5. The van der Waals surface area contributed by atoms with Crippen molar-refractivity contribution in [2.75, 3.05) is 6.61 Å². The molecule has 0 spiro atoms. The van der Waals surface area contributed by atoms with Gasteiger partial charge in [0, 0.05) is 23.3 Å². The fourth-order valence-corrected chi connectivity index (χ4v) is 3.76. The Labute approximate surface area is 162 Å². The highest BCUT2D eigenvalue weighted by Crippen LogP contribution is 2.42. The molecule has 3 aromatic carbocycles. The molecule has 0 bridgehead atoms. The van der Waals surface area contributed by atoms with Crippen LogP contribution in [0.4, 0.5) is 0 Å². The third-order valence-corrected chi connectivity index (χ3v) is 5.15. The molecular weight excluding hydrogens is 328 g/mol. The molecule has 0 aliphatic heterocycles. The summed E-state index contributed by atoms with van der Waals surface area (Å²) in [5, 5.41) is 0. The van der Waals surface area contributed by atoms with Gasteiger partial charge in [0.1, 0.15) is 0 Å². The average Bonchev–Trinajstić information content (AvgIpc) is 2.73. The van der Waals surface area contributed by atoms with Crippen LogP contribution in [0.1, 0.15) is 47.6 Å². The first-order chi connectivity index (χ1) is 13.3. The Bertz CT molecular complexity index is 930. The van der Waals surface area contributed by atoms with Crippen molar-refractivity contribution in [2.45, 2.75) is 31.8 Å². The van der Waals surface area contributed by atoms with Crippen molar-refractivity contribution in [3.63, 3.8) is 0 Å². The minimum Gasteiger partial charge on any atom is -0.354 e. The Hall–Kier alpha value is -2.82. The maximum Gasteiger partial charge on any atom is 0.180 e. The highest BCUT2D eigenvalue weighted by atomic mass is 16.5. The van der Waals surface area contributed by atoms with Gasteiger partial charge in [0.05, 0.1) is 0 Å². The summed E-state index contributed by atoms with van der Waals surface area (Å²) in [6.07, 6.45) is 3.06. The number of rotatable bonds is 4. The fourth-order valence-electron chi connectivity index (χ4n) is 3.76. The van der Waals surface area contributed by atoms with E-state index in [0.29, 0.717) is 6.61 Å². The second kappa shape index (κ2) is 7.82. The molecule has 0 saturated heterocycles. The minimum atomic E-state index is -0.712. The van der Waals surface area contributed by atoms with Crippen LogP contribution < -0.4 is 0 Å². The molecule has 0 atom stereocenters. The summed E-state index contributed by atoms with van der Waals surface area (Å²) >= 11 is 0. The van der Waals surface area contributed by atoms with Gasteiger partial charge in [0.15, 0.2) is 5.60 Å². The summed E-state index contributed by atoms with van der Waals surface area (Å²) in [7, 11) is 0. The molecule has 1 nitrogen and oxygen atoms in total. The molecular formula is C26H24O. The van der Waals surface area contributed by atoms with Crippen LogP contribution in [0.5, 0.6) is 0 Å². The molecule has 134 valence electrons. The van der Waals surface area contributed by atoms with Crippen LogP contribution in [-0.2, 0) is 16.8 Å². The van der Waals surface area contributed by atoms with Crippen molar-refractivity contribution < 1.29 is 4.74 Å². The van der Waals surface area contributed by atoms with E-state index in [9.17, 15) is 0 Å². The van der Waals surface area contributed by atoms with E-state index in [-0.39, 0.29) is 0 Å². The summed E-state index contributed by atoms with van der Waals surface area (Å²) in [6, 6.07) is 27.3. The standard InChI is InChI=1S/C26H24O/c1-2-3-19-27-26(18-17-21-11-5-4-6-12-21)24-15-9-7-13-22(24)20-23-14-8-10-16-25(23)26/h4-16H,2-3,19-20H2,1H3. The van der Waals surface area contributed by atoms with Crippen molar-refractivity contribution in [3.8, 4) is 11.8 Å². The van der Waals surface area contributed by atoms with E-state index in [0.717, 1.165) is 24.8 Å². The molecule has 1 heteroatoms.